The molecule has 0 saturated heterocycles. The molecule has 0 bridgehead atoms. The van der Waals surface area contributed by atoms with E-state index in [1.807, 2.05) is 46.1 Å². The molecule has 2 heterocycles. The van der Waals surface area contributed by atoms with Gasteiger partial charge in [-0.1, -0.05) is 20.8 Å². The number of nitrogens with zero attached hydrogens (tertiary/aromatic N) is 3. The molecule has 29 heavy (non-hydrogen) atoms. The number of ketones is 1. The molecule has 1 aromatic rings. The monoisotopic (exact) mass is 406 g/mol. The quantitative estimate of drug-likeness (QED) is 0.776. The van der Waals surface area contributed by atoms with Gasteiger partial charge < -0.3 is 19.5 Å². The van der Waals surface area contributed by atoms with E-state index in [0.29, 0.717) is 24.5 Å². The highest BCUT2D eigenvalue weighted by molar-refractivity contribution is 5.98. The van der Waals surface area contributed by atoms with E-state index in [1.54, 1.807) is 18.3 Å². The van der Waals surface area contributed by atoms with Crippen molar-refractivity contribution in [2.45, 2.75) is 73.1 Å². The van der Waals surface area contributed by atoms with Gasteiger partial charge >= 0.3 is 6.09 Å². The van der Waals surface area contributed by atoms with E-state index in [1.165, 1.54) is 0 Å². The van der Waals surface area contributed by atoms with Crippen molar-refractivity contribution >= 4 is 17.8 Å². The van der Waals surface area contributed by atoms with Crippen LogP contribution < -0.4 is 5.32 Å². The third-order valence-electron chi connectivity index (χ3n) is 5.03. The Balaban J connectivity index is 2.25. The lowest BCUT2D eigenvalue weighted by molar-refractivity contribution is -0.127. The summed E-state index contributed by atoms with van der Waals surface area (Å²) in [5, 5.41) is 2.65. The smallest absolute Gasteiger partial charge is 0.410 e. The van der Waals surface area contributed by atoms with E-state index < -0.39 is 17.6 Å². The van der Waals surface area contributed by atoms with Crippen LogP contribution in [0.2, 0.25) is 0 Å². The van der Waals surface area contributed by atoms with Crippen molar-refractivity contribution in [2.24, 2.45) is 11.3 Å². The largest absolute Gasteiger partial charge is 0.444 e. The first-order chi connectivity index (χ1) is 13.3. The Morgan fingerprint density at radius 3 is 2.38 bits per heavy atom. The topological polar surface area (TPSA) is 93.5 Å². The zero-order chi connectivity index (χ0) is 22.0. The van der Waals surface area contributed by atoms with Crippen LogP contribution >= 0.6 is 0 Å². The average Bonchev–Trinajstić information content (AvgIpc) is 2.86. The van der Waals surface area contributed by atoms with Crippen LogP contribution in [0.1, 0.15) is 70.6 Å². The summed E-state index contributed by atoms with van der Waals surface area (Å²) in [6.07, 6.45) is 2.06. The van der Waals surface area contributed by atoms with Gasteiger partial charge in [-0.3, -0.25) is 9.59 Å². The molecule has 162 valence electrons. The molecule has 2 amide bonds. The number of hydrogen-bond donors (Lipinski definition) is 1. The Labute approximate surface area is 173 Å². The highest BCUT2D eigenvalue weighted by Crippen LogP contribution is 2.31. The van der Waals surface area contributed by atoms with E-state index in [4.69, 9.17) is 4.74 Å². The number of Topliss-reactive ketones (excluding diaryl/α,β-unsaturated/α-hetero) is 1. The number of nitrogens with one attached hydrogen (secondary N) is 1. The summed E-state index contributed by atoms with van der Waals surface area (Å²) in [5.41, 5.74) is 0.0755. The number of rotatable bonds is 4. The minimum atomic E-state index is -0.588. The lowest BCUT2D eigenvalue weighted by atomic mass is 9.77. The summed E-state index contributed by atoms with van der Waals surface area (Å²) >= 11 is 0. The summed E-state index contributed by atoms with van der Waals surface area (Å²) in [6, 6.07) is 0. The van der Waals surface area contributed by atoms with Crippen molar-refractivity contribution < 1.29 is 19.1 Å². The molecule has 0 spiro atoms. The number of ether oxygens (including phenoxy) is 1. The summed E-state index contributed by atoms with van der Waals surface area (Å²) < 4.78 is 7.42. The maximum Gasteiger partial charge on any atom is 0.410 e. The van der Waals surface area contributed by atoms with Gasteiger partial charge in [0.1, 0.15) is 11.3 Å². The number of imidazole rings is 1. The normalized spacial score (nSPS) is 15.9. The molecule has 0 aliphatic carbocycles. The van der Waals surface area contributed by atoms with Crippen LogP contribution in [-0.4, -0.2) is 51.4 Å². The number of fused-ring (bicyclic) bond motifs is 1. The standard InChI is InChI=1S/C21H34N4O4/c1-20(2,3)14(18(27)22-7)11-16(26)17-15-12-24(19(28)29-21(4,5)6)9-8-10-25(15)13-23-17/h13-14H,8-12H2,1-7H3,(H,22,27)/t14-/m1/s1. The lowest BCUT2D eigenvalue weighted by Crippen LogP contribution is -2.38. The number of aromatic nitrogens is 2. The van der Waals surface area contributed by atoms with Crippen LogP contribution in [0, 0.1) is 11.3 Å². The van der Waals surface area contributed by atoms with Crippen LogP contribution in [0.5, 0.6) is 0 Å². The van der Waals surface area contributed by atoms with Gasteiger partial charge in [0.15, 0.2) is 5.78 Å². The van der Waals surface area contributed by atoms with Crippen LogP contribution in [0.3, 0.4) is 0 Å². The molecule has 1 aliphatic heterocycles. The van der Waals surface area contributed by atoms with Crippen LogP contribution in [0.15, 0.2) is 6.33 Å². The Bertz CT molecular complexity index is 771. The van der Waals surface area contributed by atoms with Gasteiger partial charge in [0.2, 0.25) is 5.91 Å². The predicted molar refractivity (Wildman–Crippen MR) is 109 cm³/mol. The minimum absolute atomic E-state index is 0.0691. The summed E-state index contributed by atoms with van der Waals surface area (Å²) in [7, 11) is 1.58. The summed E-state index contributed by atoms with van der Waals surface area (Å²) in [6.45, 7) is 12.8. The van der Waals surface area contributed by atoms with Crippen molar-refractivity contribution in [1.82, 2.24) is 19.8 Å². The van der Waals surface area contributed by atoms with Crippen molar-refractivity contribution in [3.63, 3.8) is 0 Å². The molecular formula is C21H34N4O4. The molecular weight excluding hydrogens is 372 g/mol. The van der Waals surface area contributed by atoms with Gasteiger partial charge in [0.05, 0.1) is 24.5 Å². The van der Waals surface area contributed by atoms with Crippen LogP contribution in [-0.2, 0) is 22.6 Å². The first kappa shape index (κ1) is 22.9. The highest BCUT2D eigenvalue weighted by Gasteiger charge is 2.35. The Morgan fingerprint density at radius 2 is 1.83 bits per heavy atom. The number of aryl methyl sites for hydroxylation is 1. The summed E-state index contributed by atoms with van der Waals surface area (Å²) in [4.78, 5) is 43.9. The molecule has 8 nitrogen and oxygen atoms in total. The maximum atomic E-state index is 13.1. The third-order valence-corrected chi connectivity index (χ3v) is 5.03. The lowest BCUT2D eigenvalue weighted by Gasteiger charge is -2.28. The average molecular weight is 407 g/mol. The first-order valence-corrected chi connectivity index (χ1v) is 10.1. The SMILES string of the molecule is CNC(=O)[C@@H](CC(=O)c1ncn2c1CN(C(=O)OC(C)(C)C)CCC2)C(C)(C)C. The number of hydrogen-bond acceptors (Lipinski definition) is 5. The van der Waals surface area contributed by atoms with E-state index in [9.17, 15) is 14.4 Å². The van der Waals surface area contributed by atoms with Gasteiger partial charge in [-0.2, -0.15) is 0 Å². The van der Waals surface area contributed by atoms with Gasteiger partial charge in [-0.05, 0) is 32.6 Å². The molecule has 1 atom stereocenters. The first-order valence-electron chi connectivity index (χ1n) is 10.1. The molecule has 1 aliphatic rings. The minimum Gasteiger partial charge on any atom is -0.444 e. The number of amides is 2. The van der Waals surface area contributed by atoms with Gasteiger partial charge in [0, 0.05) is 26.6 Å². The number of carbonyl (C=O) groups is 3. The van der Waals surface area contributed by atoms with Crippen LogP contribution in [0.25, 0.3) is 0 Å². The second-order valence-electron chi connectivity index (χ2n) is 9.65. The van der Waals surface area contributed by atoms with Gasteiger partial charge in [-0.25, -0.2) is 9.78 Å². The fourth-order valence-corrected chi connectivity index (χ4v) is 3.42. The van der Waals surface area contributed by atoms with E-state index >= 15 is 0 Å². The Kier molecular flexibility index (Phi) is 6.75. The molecule has 0 aromatic carbocycles. The van der Waals surface area contributed by atoms with Crippen molar-refractivity contribution in [2.75, 3.05) is 13.6 Å². The van der Waals surface area contributed by atoms with Gasteiger partial charge in [-0.15, -0.1) is 0 Å². The second kappa shape index (κ2) is 8.55. The predicted octanol–water partition coefficient (Wildman–Crippen LogP) is 3.01. The van der Waals surface area contributed by atoms with Crippen LogP contribution in [0.4, 0.5) is 4.79 Å². The molecule has 0 fully saturated rings. The summed E-state index contributed by atoms with van der Waals surface area (Å²) in [5.74, 6) is -0.815. The van der Waals surface area contributed by atoms with Gasteiger partial charge in [0.25, 0.3) is 0 Å². The highest BCUT2D eigenvalue weighted by atomic mass is 16.6. The fraction of sp³-hybridized carbons (Fsp3) is 0.714. The Morgan fingerprint density at radius 1 is 1.17 bits per heavy atom. The maximum absolute atomic E-state index is 13.1. The second-order valence-corrected chi connectivity index (χ2v) is 9.65. The molecule has 0 unspecified atom stereocenters. The number of carbonyl (C=O) groups excluding carboxylic acids is 3. The van der Waals surface area contributed by atoms with Crippen molar-refractivity contribution in [3.05, 3.63) is 17.7 Å². The van der Waals surface area contributed by atoms with E-state index in [-0.39, 0.29) is 30.1 Å². The van der Waals surface area contributed by atoms with Crippen molar-refractivity contribution in [3.8, 4) is 0 Å². The molecule has 2 rings (SSSR count). The van der Waals surface area contributed by atoms with E-state index in [0.717, 1.165) is 6.42 Å². The zero-order valence-corrected chi connectivity index (χ0v) is 18.7. The molecule has 0 radical (unpaired) electrons. The Hall–Kier alpha value is -2.38. The van der Waals surface area contributed by atoms with Crippen molar-refractivity contribution in [1.29, 1.82) is 0 Å². The molecule has 0 saturated carbocycles. The zero-order valence-electron chi connectivity index (χ0n) is 18.7. The third kappa shape index (κ3) is 5.81. The molecule has 1 N–H and O–H groups in total. The fourth-order valence-electron chi connectivity index (χ4n) is 3.42. The molecule has 8 heteroatoms. The molecule has 1 aromatic heterocycles. The van der Waals surface area contributed by atoms with E-state index in [2.05, 4.69) is 10.3 Å².